The van der Waals surface area contributed by atoms with Crippen LogP contribution in [0.2, 0.25) is 0 Å². The van der Waals surface area contributed by atoms with Gasteiger partial charge in [-0.05, 0) is 20.8 Å². The zero-order chi connectivity index (χ0) is 16.1. The van der Waals surface area contributed by atoms with Crippen molar-refractivity contribution in [3.63, 3.8) is 0 Å². The number of nitrogens with one attached hydrogen (secondary N) is 1. The highest BCUT2D eigenvalue weighted by molar-refractivity contribution is 8.01. The highest BCUT2D eigenvalue weighted by Crippen LogP contribution is 2.25. The molecule has 0 radical (unpaired) electrons. The number of aromatic nitrogens is 2. The molecule has 0 aliphatic heterocycles. The number of carbonyl (C=O) groups excluding carboxylic acids is 2. The average molecular weight is 357 g/mol. The molecule has 0 aliphatic carbocycles. The standard InChI is InChI=1S/C13H15N3O3S3/c1-4-19-11(18)10-8(3)15-12(22-10)16-9(17)6-21-13-14-7(2)5-20-13/h5H,4,6H2,1-3H3,(H,15,16,17). The summed E-state index contributed by atoms with van der Waals surface area (Å²) in [4.78, 5) is 32.5. The van der Waals surface area contributed by atoms with Crippen LogP contribution in [0, 0.1) is 13.8 Å². The van der Waals surface area contributed by atoms with Gasteiger partial charge in [0.05, 0.1) is 18.1 Å². The lowest BCUT2D eigenvalue weighted by Crippen LogP contribution is -2.13. The smallest absolute Gasteiger partial charge is 0.350 e. The van der Waals surface area contributed by atoms with Crippen LogP contribution in [0.15, 0.2) is 9.72 Å². The number of ether oxygens (including phenoxy) is 1. The Hall–Kier alpha value is -1.45. The van der Waals surface area contributed by atoms with Crippen molar-refractivity contribution >= 4 is 51.4 Å². The zero-order valence-electron chi connectivity index (χ0n) is 12.3. The first-order valence-corrected chi connectivity index (χ1v) is 9.17. The molecule has 9 heteroatoms. The van der Waals surface area contributed by atoms with Crippen molar-refractivity contribution in [1.29, 1.82) is 0 Å². The second-order valence-corrected chi connectivity index (χ2v) is 7.33. The van der Waals surface area contributed by atoms with E-state index >= 15 is 0 Å². The predicted octanol–water partition coefficient (Wildman–Crippen LogP) is 3.12. The predicted molar refractivity (Wildman–Crippen MR) is 89.0 cm³/mol. The fourth-order valence-electron chi connectivity index (χ4n) is 1.52. The molecule has 0 aromatic carbocycles. The van der Waals surface area contributed by atoms with Crippen molar-refractivity contribution in [2.24, 2.45) is 0 Å². The lowest BCUT2D eigenvalue weighted by molar-refractivity contribution is -0.113. The number of nitrogens with zero attached hydrogens (tertiary/aromatic N) is 2. The van der Waals surface area contributed by atoms with Crippen molar-refractivity contribution in [1.82, 2.24) is 9.97 Å². The van der Waals surface area contributed by atoms with Crippen molar-refractivity contribution in [2.45, 2.75) is 25.1 Å². The normalized spacial score (nSPS) is 10.5. The van der Waals surface area contributed by atoms with E-state index in [-0.39, 0.29) is 11.7 Å². The van der Waals surface area contributed by atoms with E-state index in [0.717, 1.165) is 21.4 Å². The fourth-order valence-corrected chi connectivity index (χ4v) is 4.04. The van der Waals surface area contributed by atoms with Gasteiger partial charge in [-0.3, -0.25) is 4.79 Å². The number of aryl methyl sites for hydroxylation is 2. The molecule has 2 heterocycles. The van der Waals surface area contributed by atoms with Crippen molar-refractivity contribution in [3.05, 3.63) is 21.6 Å². The van der Waals surface area contributed by atoms with Gasteiger partial charge >= 0.3 is 5.97 Å². The van der Waals surface area contributed by atoms with Crippen LogP contribution >= 0.6 is 34.4 Å². The summed E-state index contributed by atoms with van der Waals surface area (Å²) in [7, 11) is 0. The van der Waals surface area contributed by atoms with Crippen LogP contribution in [0.1, 0.15) is 28.0 Å². The Morgan fingerprint density at radius 1 is 1.36 bits per heavy atom. The molecule has 0 unspecified atom stereocenters. The van der Waals surface area contributed by atoms with E-state index < -0.39 is 5.97 Å². The largest absolute Gasteiger partial charge is 0.462 e. The summed E-state index contributed by atoms with van der Waals surface area (Å²) >= 11 is 4.01. The van der Waals surface area contributed by atoms with Crippen LogP contribution in [0.4, 0.5) is 5.13 Å². The number of rotatable bonds is 6. The molecule has 0 atom stereocenters. The minimum absolute atomic E-state index is 0.179. The molecule has 1 N–H and O–H groups in total. The van der Waals surface area contributed by atoms with E-state index in [1.54, 1.807) is 13.8 Å². The third kappa shape index (κ3) is 4.52. The van der Waals surface area contributed by atoms with E-state index in [2.05, 4.69) is 15.3 Å². The number of hydrogen-bond donors (Lipinski definition) is 1. The number of anilines is 1. The number of hydrogen-bond acceptors (Lipinski definition) is 8. The van der Waals surface area contributed by atoms with Gasteiger partial charge in [0.1, 0.15) is 4.88 Å². The van der Waals surface area contributed by atoms with Crippen LogP contribution in [0.5, 0.6) is 0 Å². The third-order valence-electron chi connectivity index (χ3n) is 2.43. The molecule has 0 saturated carbocycles. The van der Waals surface area contributed by atoms with Crippen LogP contribution < -0.4 is 5.32 Å². The molecular weight excluding hydrogens is 342 g/mol. The van der Waals surface area contributed by atoms with Crippen LogP contribution in [-0.4, -0.2) is 34.2 Å². The molecular formula is C13H15N3O3S3. The van der Waals surface area contributed by atoms with E-state index in [1.807, 2.05) is 12.3 Å². The molecule has 6 nitrogen and oxygen atoms in total. The quantitative estimate of drug-likeness (QED) is 0.632. The van der Waals surface area contributed by atoms with E-state index in [1.165, 1.54) is 23.1 Å². The molecule has 0 saturated heterocycles. The Bertz CT molecular complexity index is 681. The van der Waals surface area contributed by atoms with Crippen LogP contribution in [0.3, 0.4) is 0 Å². The van der Waals surface area contributed by atoms with Crippen molar-refractivity contribution < 1.29 is 14.3 Å². The molecule has 0 spiro atoms. The van der Waals surface area contributed by atoms with E-state index in [9.17, 15) is 9.59 Å². The van der Waals surface area contributed by atoms with E-state index in [4.69, 9.17) is 4.74 Å². The Labute approximate surface area is 140 Å². The SMILES string of the molecule is CCOC(=O)c1sc(NC(=O)CSc2nc(C)cs2)nc1C. The van der Waals surface area contributed by atoms with Gasteiger partial charge in [-0.1, -0.05) is 23.1 Å². The fraction of sp³-hybridized carbons (Fsp3) is 0.385. The molecule has 0 bridgehead atoms. The van der Waals surface area contributed by atoms with Gasteiger partial charge in [0.25, 0.3) is 0 Å². The zero-order valence-corrected chi connectivity index (χ0v) is 14.8. The first kappa shape index (κ1) is 16.9. The van der Waals surface area contributed by atoms with Gasteiger partial charge in [0.15, 0.2) is 9.47 Å². The molecule has 1 amide bonds. The van der Waals surface area contributed by atoms with Gasteiger partial charge in [-0.2, -0.15) is 0 Å². The number of carbonyl (C=O) groups is 2. The second-order valence-electron chi connectivity index (χ2n) is 4.25. The van der Waals surface area contributed by atoms with Gasteiger partial charge in [0, 0.05) is 11.1 Å². The number of esters is 1. The van der Waals surface area contributed by atoms with Gasteiger partial charge in [-0.25, -0.2) is 14.8 Å². The van der Waals surface area contributed by atoms with Crippen molar-refractivity contribution in [2.75, 3.05) is 17.7 Å². The summed E-state index contributed by atoms with van der Waals surface area (Å²) in [5, 5.41) is 5.04. The van der Waals surface area contributed by atoms with Gasteiger partial charge < -0.3 is 10.1 Å². The topological polar surface area (TPSA) is 81.2 Å². The third-order valence-corrected chi connectivity index (χ3v) is 5.62. The molecule has 2 rings (SSSR count). The maximum Gasteiger partial charge on any atom is 0.350 e. The highest BCUT2D eigenvalue weighted by Gasteiger charge is 2.17. The van der Waals surface area contributed by atoms with Gasteiger partial charge in [0.2, 0.25) is 5.91 Å². The Morgan fingerprint density at radius 3 is 2.77 bits per heavy atom. The summed E-state index contributed by atoms with van der Waals surface area (Å²) in [5.41, 5.74) is 1.50. The Balaban J connectivity index is 1.91. The summed E-state index contributed by atoms with van der Waals surface area (Å²) in [6.07, 6.45) is 0. The van der Waals surface area contributed by atoms with Crippen molar-refractivity contribution in [3.8, 4) is 0 Å². The van der Waals surface area contributed by atoms with Crippen LogP contribution in [-0.2, 0) is 9.53 Å². The molecule has 22 heavy (non-hydrogen) atoms. The Kier molecular flexibility index (Phi) is 5.92. The van der Waals surface area contributed by atoms with Crippen LogP contribution in [0.25, 0.3) is 0 Å². The molecule has 118 valence electrons. The van der Waals surface area contributed by atoms with E-state index in [0.29, 0.717) is 22.3 Å². The lowest BCUT2D eigenvalue weighted by atomic mass is 10.4. The minimum Gasteiger partial charge on any atom is -0.462 e. The minimum atomic E-state index is -0.411. The monoisotopic (exact) mass is 357 g/mol. The molecule has 2 aromatic rings. The molecule has 0 fully saturated rings. The molecule has 2 aromatic heterocycles. The maximum atomic E-state index is 11.9. The summed E-state index contributed by atoms with van der Waals surface area (Å²) in [6, 6.07) is 0. The highest BCUT2D eigenvalue weighted by atomic mass is 32.2. The maximum absolute atomic E-state index is 11.9. The number of amides is 1. The average Bonchev–Trinajstić information content (AvgIpc) is 3.03. The van der Waals surface area contributed by atoms with Gasteiger partial charge in [-0.15, -0.1) is 11.3 Å². The Morgan fingerprint density at radius 2 is 2.14 bits per heavy atom. The first-order chi connectivity index (χ1) is 10.5. The first-order valence-electron chi connectivity index (χ1n) is 6.49. The number of thiazole rings is 2. The summed E-state index contributed by atoms with van der Waals surface area (Å²) in [6.45, 7) is 5.68. The second kappa shape index (κ2) is 7.70. The summed E-state index contributed by atoms with van der Waals surface area (Å²) < 4.78 is 5.80. The lowest BCUT2D eigenvalue weighted by Gasteiger charge is -1.99. The number of thioether (sulfide) groups is 1. The molecule has 0 aliphatic rings. The summed E-state index contributed by atoms with van der Waals surface area (Å²) in [5.74, 6) is -0.340.